The first-order valence-corrected chi connectivity index (χ1v) is 7.48. The minimum absolute atomic E-state index is 0.342. The number of nitrogens with one attached hydrogen (secondary N) is 1. The molecule has 0 saturated carbocycles. The van der Waals surface area contributed by atoms with Gasteiger partial charge < -0.3 is 10.1 Å². The van der Waals surface area contributed by atoms with Crippen LogP contribution in [0.2, 0.25) is 0 Å². The third-order valence-electron chi connectivity index (χ3n) is 3.63. The van der Waals surface area contributed by atoms with Crippen molar-refractivity contribution in [3.05, 3.63) is 70.8 Å². The number of aryl methyl sites for hydroxylation is 1. The lowest BCUT2D eigenvalue weighted by Crippen LogP contribution is -2.43. The highest BCUT2D eigenvalue weighted by atomic mass is 16.5. The molecule has 0 radical (unpaired) electrons. The molecule has 0 saturated heterocycles. The maximum absolute atomic E-state index is 12.3. The molecule has 2 aromatic rings. The Bertz CT molecular complexity index is 759. The van der Waals surface area contributed by atoms with Gasteiger partial charge in [0.1, 0.15) is 6.04 Å². The van der Waals surface area contributed by atoms with E-state index in [-0.39, 0.29) is 5.91 Å². The third-order valence-corrected chi connectivity index (χ3v) is 3.63. The topological polar surface area (TPSA) is 79.2 Å². The number of rotatable bonds is 5. The van der Waals surface area contributed by atoms with Crippen LogP contribution in [-0.4, -0.2) is 25.0 Å². The SMILES string of the molecule is COC(=O)[C@H](Cc1ccc(C)cc1)NC(=O)c1ccc(C#N)cc1. The van der Waals surface area contributed by atoms with Crippen molar-refractivity contribution in [1.82, 2.24) is 5.32 Å². The Morgan fingerprint density at radius 3 is 2.29 bits per heavy atom. The van der Waals surface area contributed by atoms with E-state index in [1.807, 2.05) is 37.3 Å². The van der Waals surface area contributed by atoms with E-state index in [0.29, 0.717) is 17.5 Å². The van der Waals surface area contributed by atoms with Gasteiger partial charge in [0.15, 0.2) is 0 Å². The number of esters is 1. The van der Waals surface area contributed by atoms with Gasteiger partial charge in [-0.1, -0.05) is 29.8 Å². The molecule has 0 spiro atoms. The molecule has 0 heterocycles. The third kappa shape index (κ3) is 4.43. The standard InChI is InChI=1S/C19H18N2O3/c1-13-3-5-14(6-4-13)11-17(19(23)24-2)21-18(22)16-9-7-15(12-20)8-10-16/h3-10,17H,11H2,1-2H3,(H,21,22)/t17-/m0/s1. The first-order chi connectivity index (χ1) is 11.5. The first kappa shape index (κ1) is 17.2. The van der Waals surface area contributed by atoms with E-state index in [1.165, 1.54) is 7.11 Å². The molecule has 1 atom stereocenters. The van der Waals surface area contributed by atoms with Crippen LogP contribution in [0.3, 0.4) is 0 Å². The summed E-state index contributed by atoms with van der Waals surface area (Å²) in [6.45, 7) is 1.98. The maximum Gasteiger partial charge on any atom is 0.328 e. The lowest BCUT2D eigenvalue weighted by molar-refractivity contribution is -0.142. The normalized spacial score (nSPS) is 11.2. The van der Waals surface area contributed by atoms with Crippen LogP contribution in [0.5, 0.6) is 0 Å². The quantitative estimate of drug-likeness (QED) is 0.857. The van der Waals surface area contributed by atoms with E-state index in [0.717, 1.165) is 11.1 Å². The van der Waals surface area contributed by atoms with Gasteiger partial charge in [-0.15, -0.1) is 0 Å². The Kier molecular flexibility index (Phi) is 5.69. The monoisotopic (exact) mass is 322 g/mol. The van der Waals surface area contributed by atoms with Crippen LogP contribution in [0.4, 0.5) is 0 Å². The van der Waals surface area contributed by atoms with E-state index < -0.39 is 12.0 Å². The minimum atomic E-state index is -0.777. The molecule has 0 fully saturated rings. The molecule has 0 bridgehead atoms. The average molecular weight is 322 g/mol. The Balaban J connectivity index is 2.12. The summed E-state index contributed by atoms with van der Waals surface area (Å²) >= 11 is 0. The van der Waals surface area contributed by atoms with Crippen LogP contribution in [0.25, 0.3) is 0 Å². The van der Waals surface area contributed by atoms with Gasteiger partial charge in [0.05, 0.1) is 18.7 Å². The number of carbonyl (C=O) groups is 2. The lowest BCUT2D eigenvalue weighted by Gasteiger charge is -2.17. The van der Waals surface area contributed by atoms with E-state index in [1.54, 1.807) is 24.3 Å². The van der Waals surface area contributed by atoms with Gasteiger partial charge in [-0.3, -0.25) is 4.79 Å². The summed E-state index contributed by atoms with van der Waals surface area (Å²) in [7, 11) is 1.29. The van der Waals surface area contributed by atoms with Crippen LogP contribution in [0.15, 0.2) is 48.5 Å². The fraction of sp³-hybridized carbons (Fsp3) is 0.211. The van der Waals surface area contributed by atoms with Gasteiger partial charge in [-0.05, 0) is 36.8 Å². The van der Waals surface area contributed by atoms with Gasteiger partial charge in [-0.2, -0.15) is 5.26 Å². The molecule has 0 aliphatic rings. The molecular formula is C19H18N2O3. The number of methoxy groups -OCH3 is 1. The summed E-state index contributed by atoms with van der Waals surface area (Å²) in [5.41, 5.74) is 2.90. The number of nitriles is 1. The fourth-order valence-electron chi connectivity index (χ4n) is 2.23. The van der Waals surface area contributed by atoms with Crippen LogP contribution in [0, 0.1) is 18.3 Å². The number of hydrogen-bond donors (Lipinski definition) is 1. The average Bonchev–Trinajstić information content (AvgIpc) is 2.62. The molecule has 0 aliphatic carbocycles. The van der Waals surface area contributed by atoms with Crippen molar-refractivity contribution in [3.63, 3.8) is 0 Å². The fourth-order valence-corrected chi connectivity index (χ4v) is 2.23. The molecule has 0 aromatic heterocycles. The largest absolute Gasteiger partial charge is 0.467 e. The van der Waals surface area contributed by atoms with Crippen LogP contribution in [0.1, 0.15) is 27.0 Å². The minimum Gasteiger partial charge on any atom is -0.467 e. The Hall–Kier alpha value is -3.13. The van der Waals surface area contributed by atoms with E-state index in [9.17, 15) is 9.59 Å². The number of hydrogen-bond acceptors (Lipinski definition) is 4. The molecule has 5 nitrogen and oxygen atoms in total. The van der Waals surface area contributed by atoms with E-state index in [2.05, 4.69) is 5.32 Å². The molecule has 24 heavy (non-hydrogen) atoms. The second kappa shape index (κ2) is 7.93. The van der Waals surface area contributed by atoms with E-state index >= 15 is 0 Å². The predicted octanol–water partition coefficient (Wildman–Crippen LogP) is 2.38. The molecule has 5 heteroatoms. The molecule has 0 aliphatic heterocycles. The zero-order valence-corrected chi connectivity index (χ0v) is 13.6. The van der Waals surface area contributed by atoms with Gasteiger partial charge in [0.2, 0.25) is 0 Å². The number of nitrogens with zero attached hydrogens (tertiary/aromatic N) is 1. The van der Waals surface area contributed by atoms with Crippen molar-refractivity contribution in [2.45, 2.75) is 19.4 Å². The highest BCUT2D eigenvalue weighted by Gasteiger charge is 2.22. The molecule has 0 unspecified atom stereocenters. The van der Waals surface area contributed by atoms with Gasteiger partial charge >= 0.3 is 5.97 Å². The maximum atomic E-state index is 12.3. The highest BCUT2D eigenvalue weighted by Crippen LogP contribution is 2.09. The predicted molar refractivity (Wildman–Crippen MR) is 89.3 cm³/mol. The number of carbonyl (C=O) groups excluding carboxylic acids is 2. The summed E-state index contributed by atoms with van der Waals surface area (Å²) < 4.78 is 4.78. The van der Waals surface area contributed by atoms with Crippen LogP contribution < -0.4 is 5.32 Å². The van der Waals surface area contributed by atoms with E-state index in [4.69, 9.17) is 10.00 Å². The second-order valence-electron chi connectivity index (χ2n) is 5.43. The second-order valence-corrected chi connectivity index (χ2v) is 5.43. The summed E-state index contributed by atoms with van der Waals surface area (Å²) in [6, 6.07) is 15.2. The summed E-state index contributed by atoms with van der Waals surface area (Å²) in [4.78, 5) is 24.3. The Morgan fingerprint density at radius 1 is 1.12 bits per heavy atom. The molecular weight excluding hydrogens is 304 g/mol. The first-order valence-electron chi connectivity index (χ1n) is 7.48. The van der Waals surface area contributed by atoms with Crippen LogP contribution in [-0.2, 0) is 16.0 Å². The number of ether oxygens (including phenoxy) is 1. The molecule has 122 valence electrons. The van der Waals surface area contributed by atoms with Crippen molar-refractivity contribution in [1.29, 1.82) is 5.26 Å². The Labute approximate surface area is 140 Å². The highest BCUT2D eigenvalue weighted by molar-refractivity contribution is 5.96. The smallest absolute Gasteiger partial charge is 0.328 e. The van der Waals surface area contributed by atoms with Crippen molar-refractivity contribution in [2.75, 3.05) is 7.11 Å². The summed E-state index contributed by atoms with van der Waals surface area (Å²) in [5.74, 6) is -0.889. The number of benzene rings is 2. The van der Waals surface area contributed by atoms with Gasteiger partial charge in [0.25, 0.3) is 5.91 Å². The van der Waals surface area contributed by atoms with Crippen molar-refractivity contribution in [2.24, 2.45) is 0 Å². The molecule has 2 aromatic carbocycles. The van der Waals surface area contributed by atoms with Crippen LogP contribution >= 0.6 is 0 Å². The zero-order chi connectivity index (χ0) is 17.5. The van der Waals surface area contributed by atoms with Crippen molar-refractivity contribution < 1.29 is 14.3 Å². The number of amides is 1. The molecule has 1 amide bonds. The summed E-state index contributed by atoms with van der Waals surface area (Å²) in [5, 5.41) is 11.5. The van der Waals surface area contributed by atoms with Gasteiger partial charge in [-0.25, -0.2) is 4.79 Å². The van der Waals surface area contributed by atoms with Crippen molar-refractivity contribution in [3.8, 4) is 6.07 Å². The molecule has 2 rings (SSSR count). The Morgan fingerprint density at radius 2 is 1.75 bits per heavy atom. The molecule has 1 N–H and O–H groups in total. The zero-order valence-electron chi connectivity index (χ0n) is 13.6. The van der Waals surface area contributed by atoms with Gasteiger partial charge in [0, 0.05) is 12.0 Å². The summed E-state index contributed by atoms with van der Waals surface area (Å²) in [6.07, 6.45) is 0.342. The van der Waals surface area contributed by atoms with Crippen molar-refractivity contribution >= 4 is 11.9 Å². The lowest BCUT2D eigenvalue weighted by atomic mass is 10.0.